The van der Waals surface area contributed by atoms with Crippen LogP contribution in [0, 0.1) is 11.3 Å². The maximum Gasteiger partial charge on any atom is 0.272 e. The van der Waals surface area contributed by atoms with Gasteiger partial charge in [-0.05, 0) is 49.2 Å². The Morgan fingerprint density at radius 1 is 1.00 bits per heavy atom. The van der Waals surface area contributed by atoms with Gasteiger partial charge in [-0.1, -0.05) is 31.2 Å². The van der Waals surface area contributed by atoms with E-state index in [2.05, 4.69) is 36.1 Å². The Hall–Kier alpha value is -3.72. The Morgan fingerprint density at radius 2 is 1.72 bits per heavy atom. The molecule has 0 atom stereocenters. The number of nitriles is 1. The van der Waals surface area contributed by atoms with Crippen LogP contribution < -0.4 is 9.64 Å². The number of carbonyl (C=O) groups excluding carboxylic acids is 1. The fourth-order valence-electron chi connectivity index (χ4n) is 4.14. The average molecular weight is 429 g/mol. The summed E-state index contributed by atoms with van der Waals surface area (Å²) < 4.78 is 7.60. The maximum absolute atomic E-state index is 13.5. The van der Waals surface area contributed by atoms with Crippen LogP contribution >= 0.6 is 0 Å². The summed E-state index contributed by atoms with van der Waals surface area (Å²) in [5, 5.41) is 9.62. The normalized spacial score (nSPS) is 13.7. The molecule has 2 heterocycles. The van der Waals surface area contributed by atoms with Crippen molar-refractivity contribution in [1.82, 2.24) is 9.47 Å². The molecule has 1 aliphatic rings. The fraction of sp³-hybridized carbons (Fsp3) is 0.308. The van der Waals surface area contributed by atoms with E-state index in [-0.39, 0.29) is 5.91 Å². The first-order valence-electron chi connectivity index (χ1n) is 11.1. The fourth-order valence-corrected chi connectivity index (χ4v) is 4.14. The van der Waals surface area contributed by atoms with Crippen LogP contribution in [0.15, 0.2) is 60.8 Å². The molecule has 0 aliphatic carbocycles. The molecule has 1 amide bonds. The third kappa shape index (κ3) is 4.19. The number of anilines is 1. The average Bonchev–Trinajstić information content (AvgIpc) is 3.28. The summed E-state index contributed by atoms with van der Waals surface area (Å²) in [6.07, 6.45) is 2.76. The van der Waals surface area contributed by atoms with Crippen molar-refractivity contribution < 1.29 is 9.53 Å². The molecule has 4 rings (SSSR count). The lowest BCUT2D eigenvalue weighted by Gasteiger charge is -2.36. The van der Waals surface area contributed by atoms with Gasteiger partial charge >= 0.3 is 0 Å². The predicted molar refractivity (Wildman–Crippen MR) is 126 cm³/mol. The maximum atomic E-state index is 13.5. The number of amides is 1. The molecule has 1 fully saturated rings. The van der Waals surface area contributed by atoms with Crippen molar-refractivity contribution in [1.29, 1.82) is 5.26 Å². The number of piperazine rings is 1. The van der Waals surface area contributed by atoms with Crippen LogP contribution in [0.1, 0.15) is 35.5 Å². The molecular formula is C26H28N4O2. The van der Waals surface area contributed by atoms with Gasteiger partial charge in [-0.25, -0.2) is 0 Å². The van der Waals surface area contributed by atoms with Gasteiger partial charge in [-0.3, -0.25) is 4.79 Å². The predicted octanol–water partition coefficient (Wildman–Crippen LogP) is 4.27. The van der Waals surface area contributed by atoms with E-state index in [1.54, 1.807) is 12.3 Å². The summed E-state index contributed by atoms with van der Waals surface area (Å²) in [5.41, 5.74) is 4.01. The number of nitrogens with zero attached hydrogens (tertiary/aromatic N) is 4. The number of para-hydroxylation sites is 2. The zero-order chi connectivity index (χ0) is 22.5. The van der Waals surface area contributed by atoms with Crippen LogP contribution in [0.2, 0.25) is 0 Å². The molecular weight excluding hydrogens is 400 g/mol. The minimum Gasteiger partial charge on any atom is -0.492 e. The van der Waals surface area contributed by atoms with Gasteiger partial charge in [0.2, 0.25) is 0 Å². The van der Waals surface area contributed by atoms with Crippen molar-refractivity contribution in [2.24, 2.45) is 0 Å². The summed E-state index contributed by atoms with van der Waals surface area (Å²) in [4.78, 5) is 17.6. The highest BCUT2D eigenvalue weighted by molar-refractivity contribution is 5.96. The Kier molecular flexibility index (Phi) is 6.46. The minimum absolute atomic E-state index is 0.108. The van der Waals surface area contributed by atoms with Crippen LogP contribution in [-0.2, 0) is 6.42 Å². The summed E-state index contributed by atoms with van der Waals surface area (Å²) >= 11 is 0. The molecule has 0 spiro atoms. The summed E-state index contributed by atoms with van der Waals surface area (Å²) in [7, 11) is 0. The summed E-state index contributed by atoms with van der Waals surface area (Å²) in [6, 6.07) is 20.0. The Bertz CT molecular complexity index is 1120. The number of hydrogen-bond donors (Lipinski definition) is 0. The van der Waals surface area contributed by atoms with E-state index in [1.807, 2.05) is 46.7 Å². The van der Waals surface area contributed by atoms with E-state index in [9.17, 15) is 10.1 Å². The van der Waals surface area contributed by atoms with Gasteiger partial charge in [0.15, 0.2) is 0 Å². The van der Waals surface area contributed by atoms with Crippen LogP contribution in [0.5, 0.6) is 5.75 Å². The molecule has 0 unspecified atom stereocenters. The van der Waals surface area contributed by atoms with Crippen molar-refractivity contribution in [3.05, 3.63) is 77.6 Å². The lowest BCUT2D eigenvalue weighted by molar-refractivity contribution is 0.0738. The molecule has 0 N–H and O–H groups in total. The number of aromatic nitrogens is 1. The number of benzene rings is 2. The van der Waals surface area contributed by atoms with Gasteiger partial charge in [-0.2, -0.15) is 5.26 Å². The number of rotatable bonds is 6. The molecule has 32 heavy (non-hydrogen) atoms. The van der Waals surface area contributed by atoms with Crippen molar-refractivity contribution >= 4 is 11.6 Å². The lowest BCUT2D eigenvalue weighted by atomic mass is 10.1. The van der Waals surface area contributed by atoms with E-state index in [0.717, 1.165) is 23.5 Å². The Morgan fingerprint density at radius 3 is 2.38 bits per heavy atom. The first-order valence-corrected chi connectivity index (χ1v) is 11.1. The molecule has 1 saturated heterocycles. The van der Waals surface area contributed by atoms with Gasteiger partial charge in [0.05, 0.1) is 17.9 Å². The van der Waals surface area contributed by atoms with Gasteiger partial charge in [0.25, 0.3) is 5.91 Å². The Balaban J connectivity index is 1.54. The summed E-state index contributed by atoms with van der Waals surface area (Å²) in [5.74, 6) is 0.759. The molecule has 6 nitrogen and oxygen atoms in total. The standard InChI is InChI=1S/C26H28N4O2/c1-3-20-9-11-22(12-10-20)30-14-13-21(19-27)25(30)26(31)29-17-15-28(16-18-29)23-7-5-6-8-24(23)32-4-2/h5-14H,3-4,15-18H2,1-2H3. The molecule has 2 aromatic carbocycles. The molecule has 0 radical (unpaired) electrons. The Labute approximate surface area is 189 Å². The second kappa shape index (κ2) is 9.61. The number of ether oxygens (including phenoxy) is 1. The van der Waals surface area contributed by atoms with E-state index >= 15 is 0 Å². The zero-order valence-electron chi connectivity index (χ0n) is 18.6. The molecule has 164 valence electrons. The molecule has 6 heteroatoms. The van der Waals surface area contributed by atoms with Gasteiger partial charge in [0.1, 0.15) is 17.5 Å². The highest BCUT2D eigenvalue weighted by Gasteiger charge is 2.28. The van der Waals surface area contributed by atoms with E-state index < -0.39 is 0 Å². The van der Waals surface area contributed by atoms with Crippen molar-refractivity contribution in [2.45, 2.75) is 20.3 Å². The number of aryl methyl sites for hydroxylation is 1. The molecule has 3 aromatic rings. The number of hydrogen-bond acceptors (Lipinski definition) is 4. The second-order valence-corrected chi connectivity index (χ2v) is 7.76. The second-order valence-electron chi connectivity index (χ2n) is 7.76. The summed E-state index contributed by atoms with van der Waals surface area (Å²) in [6.45, 7) is 7.30. The highest BCUT2D eigenvalue weighted by atomic mass is 16.5. The SMILES string of the molecule is CCOc1ccccc1N1CCN(C(=O)c2c(C#N)ccn2-c2ccc(CC)cc2)CC1. The molecule has 1 aliphatic heterocycles. The van der Waals surface area contributed by atoms with E-state index in [4.69, 9.17) is 4.74 Å². The third-order valence-electron chi connectivity index (χ3n) is 5.90. The number of carbonyl (C=O) groups is 1. The van der Waals surface area contributed by atoms with Crippen LogP contribution in [0.3, 0.4) is 0 Å². The van der Waals surface area contributed by atoms with E-state index in [0.29, 0.717) is 44.0 Å². The van der Waals surface area contributed by atoms with Crippen LogP contribution in [-0.4, -0.2) is 48.2 Å². The van der Waals surface area contributed by atoms with Gasteiger partial charge in [0, 0.05) is 38.1 Å². The topological polar surface area (TPSA) is 61.5 Å². The minimum atomic E-state index is -0.108. The van der Waals surface area contributed by atoms with Crippen LogP contribution in [0.4, 0.5) is 5.69 Å². The van der Waals surface area contributed by atoms with Crippen molar-refractivity contribution in [3.8, 4) is 17.5 Å². The molecule has 1 aromatic heterocycles. The first-order chi connectivity index (χ1) is 15.7. The van der Waals surface area contributed by atoms with E-state index in [1.165, 1.54) is 5.56 Å². The molecule has 0 saturated carbocycles. The molecule has 0 bridgehead atoms. The highest BCUT2D eigenvalue weighted by Crippen LogP contribution is 2.29. The monoisotopic (exact) mass is 428 g/mol. The largest absolute Gasteiger partial charge is 0.492 e. The van der Waals surface area contributed by atoms with Crippen molar-refractivity contribution in [3.63, 3.8) is 0 Å². The lowest BCUT2D eigenvalue weighted by Crippen LogP contribution is -2.49. The smallest absolute Gasteiger partial charge is 0.272 e. The zero-order valence-corrected chi connectivity index (χ0v) is 18.6. The van der Waals surface area contributed by atoms with Crippen molar-refractivity contribution in [2.75, 3.05) is 37.7 Å². The van der Waals surface area contributed by atoms with Gasteiger partial charge < -0.3 is 19.1 Å². The third-order valence-corrected chi connectivity index (χ3v) is 5.90. The quantitative estimate of drug-likeness (QED) is 0.588. The van der Waals surface area contributed by atoms with Gasteiger partial charge in [-0.15, -0.1) is 0 Å². The first kappa shape index (κ1) is 21.5. The van der Waals surface area contributed by atoms with Crippen LogP contribution in [0.25, 0.3) is 5.69 Å².